The molecule has 1 heterocycles. The maximum absolute atomic E-state index is 11.9. The van der Waals surface area contributed by atoms with Gasteiger partial charge in [0.25, 0.3) is 0 Å². The van der Waals surface area contributed by atoms with Gasteiger partial charge in [0.15, 0.2) is 0 Å². The van der Waals surface area contributed by atoms with Gasteiger partial charge in [0, 0.05) is 28.1 Å². The first kappa shape index (κ1) is 15.1. The predicted molar refractivity (Wildman–Crippen MR) is 99.1 cm³/mol. The van der Waals surface area contributed by atoms with Gasteiger partial charge in [-0.25, -0.2) is 4.98 Å². The highest BCUT2D eigenvalue weighted by Gasteiger charge is 2.29. The first-order valence-corrected chi connectivity index (χ1v) is 9.01. The van der Waals surface area contributed by atoms with Crippen molar-refractivity contribution in [3.05, 3.63) is 59.5 Å². The predicted octanol–water partition coefficient (Wildman–Crippen LogP) is 5.13. The van der Waals surface area contributed by atoms with Gasteiger partial charge < -0.3 is 5.32 Å². The van der Waals surface area contributed by atoms with Crippen molar-refractivity contribution in [2.75, 3.05) is 5.32 Å². The molecule has 120 valence electrons. The minimum Gasteiger partial charge on any atom is -0.326 e. The second-order valence-electron chi connectivity index (χ2n) is 6.25. The Hall–Kier alpha value is -2.46. The third-order valence-corrected chi connectivity index (χ3v) is 5.07. The van der Waals surface area contributed by atoms with Crippen molar-refractivity contribution in [2.24, 2.45) is 5.92 Å². The highest BCUT2D eigenvalue weighted by Crippen LogP contribution is 2.32. The number of aromatic nitrogens is 1. The number of amides is 1. The molecule has 1 saturated carbocycles. The summed E-state index contributed by atoms with van der Waals surface area (Å²) in [5.74, 6) is 0.341. The highest BCUT2D eigenvalue weighted by atomic mass is 32.1. The van der Waals surface area contributed by atoms with Gasteiger partial charge in [0.05, 0.1) is 5.69 Å². The SMILES string of the molecule is Cc1ccc(-c2csc(-c3cccc(NC(=O)C4CC4)c3)n2)cc1. The second kappa shape index (κ2) is 6.21. The van der Waals surface area contributed by atoms with Gasteiger partial charge in [-0.1, -0.05) is 42.0 Å². The van der Waals surface area contributed by atoms with E-state index in [9.17, 15) is 4.79 Å². The molecule has 0 bridgehead atoms. The zero-order chi connectivity index (χ0) is 16.5. The normalized spacial score (nSPS) is 13.7. The molecule has 0 spiro atoms. The summed E-state index contributed by atoms with van der Waals surface area (Å²) in [5, 5.41) is 6.04. The number of thiazole rings is 1. The van der Waals surface area contributed by atoms with Gasteiger partial charge in [-0.2, -0.15) is 0 Å². The van der Waals surface area contributed by atoms with Crippen LogP contribution in [0.3, 0.4) is 0 Å². The number of anilines is 1. The van der Waals surface area contributed by atoms with Crippen LogP contribution in [-0.4, -0.2) is 10.9 Å². The van der Waals surface area contributed by atoms with Gasteiger partial charge in [0.1, 0.15) is 5.01 Å². The maximum Gasteiger partial charge on any atom is 0.227 e. The van der Waals surface area contributed by atoms with E-state index >= 15 is 0 Å². The van der Waals surface area contributed by atoms with Crippen LogP contribution >= 0.6 is 11.3 Å². The van der Waals surface area contributed by atoms with Crippen molar-refractivity contribution >= 4 is 22.9 Å². The Labute approximate surface area is 145 Å². The molecule has 24 heavy (non-hydrogen) atoms. The van der Waals surface area contributed by atoms with Crippen LogP contribution < -0.4 is 5.32 Å². The fourth-order valence-corrected chi connectivity index (χ4v) is 3.41. The van der Waals surface area contributed by atoms with E-state index in [1.165, 1.54) is 5.56 Å². The van der Waals surface area contributed by atoms with E-state index in [-0.39, 0.29) is 11.8 Å². The number of hydrogen-bond acceptors (Lipinski definition) is 3. The number of hydrogen-bond donors (Lipinski definition) is 1. The van der Waals surface area contributed by atoms with E-state index in [1.54, 1.807) is 11.3 Å². The largest absolute Gasteiger partial charge is 0.326 e. The minimum atomic E-state index is 0.131. The molecular weight excluding hydrogens is 316 g/mol. The second-order valence-corrected chi connectivity index (χ2v) is 7.11. The first-order chi connectivity index (χ1) is 11.7. The number of nitrogens with zero attached hydrogens (tertiary/aromatic N) is 1. The number of carbonyl (C=O) groups is 1. The number of aryl methyl sites for hydroxylation is 1. The fourth-order valence-electron chi connectivity index (χ4n) is 2.58. The molecule has 1 amide bonds. The van der Waals surface area contributed by atoms with Crippen molar-refractivity contribution in [1.29, 1.82) is 0 Å². The van der Waals surface area contributed by atoms with Crippen LogP contribution in [0.2, 0.25) is 0 Å². The third-order valence-electron chi connectivity index (χ3n) is 4.18. The smallest absolute Gasteiger partial charge is 0.227 e. The Morgan fingerprint density at radius 1 is 1.12 bits per heavy atom. The van der Waals surface area contributed by atoms with Gasteiger partial charge in [-0.15, -0.1) is 11.3 Å². The summed E-state index contributed by atoms with van der Waals surface area (Å²) in [7, 11) is 0. The zero-order valence-electron chi connectivity index (χ0n) is 13.5. The summed E-state index contributed by atoms with van der Waals surface area (Å²) < 4.78 is 0. The first-order valence-electron chi connectivity index (χ1n) is 8.13. The van der Waals surface area contributed by atoms with Crippen LogP contribution in [0.15, 0.2) is 53.9 Å². The highest BCUT2D eigenvalue weighted by molar-refractivity contribution is 7.13. The molecule has 1 fully saturated rings. The molecule has 0 radical (unpaired) electrons. The standard InChI is InChI=1S/C20H18N2OS/c1-13-5-7-14(8-6-13)18-12-24-20(22-18)16-3-2-4-17(11-16)21-19(23)15-9-10-15/h2-8,11-12,15H,9-10H2,1H3,(H,21,23). The Balaban J connectivity index is 1.57. The fraction of sp³-hybridized carbons (Fsp3) is 0.200. The van der Waals surface area contributed by atoms with E-state index in [4.69, 9.17) is 4.98 Å². The molecule has 3 aromatic rings. The molecule has 1 N–H and O–H groups in total. The van der Waals surface area contributed by atoms with E-state index in [0.29, 0.717) is 0 Å². The zero-order valence-corrected chi connectivity index (χ0v) is 14.3. The number of carbonyl (C=O) groups excluding carboxylic acids is 1. The van der Waals surface area contributed by atoms with Crippen LogP contribution in [0.25, 0.3) is 21.8 Å². The van der Waals surface area contributed by atoms with Crippen LogP contribution in [-0.2, 0) is 4.79 Å². The molecule has 4 rings (SSSR count). The number of nitrogens with one attached hydrogen (secondary N) is 1. The Morgan fingerprint density at radius 2 is 1.92 bits per heavy atom. The van der Waals surface area contributed by atoms with Crippen LogP contribution in [0.5, 0.6) is 0 Å². The van der Waals surface area contributed by atoms with Crippen molar-refractivity contribution in [1.82, 2.24) is 4.98 Å². The topological polar surface area (TPSA) is 42.0 Å². The molecule has 0 unspecified atom stereocenters. The van der Waals surface area contributed by atoms with Crippen LogP contribution in [0, 0.1) is 12.8 Å². The van der Waals surface area contributed by atoms with E-state index in [0.717, 1.165) is 40.4 Å². The van der Waals surface area contributed by atoms with Crippen molar-refractivity contribution < 1.29 is 4.79 Å². The summed E-state index contributed by atoms with van der Waals surface area (Å²) in [4.78, 5) is 16.7. The van der Waals surface area contributed by atoms with E-state index in [1.807, 2.05) is 24.3 Å². The monoisotopic (exact) mass is 334 g/mol. The molecule has 4 heteroatoms. The lowest BCUT2D eigenvalue weighted by Gasteiger charge is -2.05. The third kappa shape index (κ3) is 3.24. The van der Waals surface area contributed by atoms with Gasteiger partial charge in [-0.05, 0) is 31.9 Å². The van der Waals surface area contributed by atoms with Crippen LogP contribution in [0.1, 0.15) is 18.4 Å². The minimum absolute atomic E-state index is 0.131. The average Bonchev–Trinajstić information content (AvgIpc) is 3.33. The summed E-state index contributed by atoms with van der Waals surface area (Å²) in [6, 6.07) is 16.3. The maximum atomic E-state index is 11.9. The van der Waals surface area contributed by atoms with Crippen molar-refractivity contribution in [3.63, 3.8) is 0 Å². The van der Waals surface area contributed by atoms with E-state index < -0.39 is 0 Å². The molecule has 1 aliphatic rings. The molecule has 2 aromatic carbocycles. The lowest BCUT2D eigenvalue weighted by Crippen LogP contribution is -2.13. The van der Waals surface area contributed by atoms with Crippen LogP contribution in [0.4, 0.5) is 5.69 Å². The molecule has 0 saturated heterocycles. The quantitative estimate of drug-likeness (QED) is 0.718. The number of benzene rings is 2. The van der Waals surface area contributed by atoms with Gasteiger partial charge >= 0.3 is 0 Å². The van der Waals surface area contributed by atoms with Crippen molar-refractivity contribution in [3.8, 4) is 21.8 Å². The van der Waals surface area contributed by atoms with Gasteiger partial charge in [-0.3, -0.25) is 4.79 Å². The lowest BCUT2D eigenvalue weighted by atomic mass is 10.1. The summed E-state index contributed by atoms with van der Waals surface area (Å²) >= 11 is 1.62. The van der Waals surface area contributed by atoms with Crippen molar-refractivity contribution in [2.45, 2.75) is 19.8 Å². The molecule has 0 aliphatic heterocycles. The molecular formula is C20H18N2OS. The Kier molecular flexibility index (Phi) is 3.90. The number of rotatable bonds is 4. The Morgan fingerprint density at radius 3 is 2.67 bits per heavy atom. The average molecular weight is 334 g/mol. The molecule has 0 atom stereocenters. The summed E-state index contributed by atoms with van der Waals surface area (Å²) in [6.07, 6.45) is 2.02. The Bertz CT molecular complexity index is 879. The summed E-state index contributed by atoms with van der Waals surface area (Å²) in [6.45, 7) is 2.08. The summed E-state index contributed by atoms with van der Waals surface area (Å²) in [5.41, 5.74) is 5.24. The lowest BCUT2D eigenvalue weighted by molar-refractivity contribution is -0.117. The van der Waals surface area contributed by atoms with E-state index in [2.05, 4.69) is 41.9 Å². The molecule has 3 nitrogen and oxygen atoms in total. The van der Waals surface area contributed by atoms with Gasteiger partial charge in [0.2, 0.25) is 5.91 Å². The molecule has 1 aromatic heterocycles. The molecule has 1 aliphatic carbocycles.